The lowest BCUT2D eigenvalue weighted by Gasteiger charge is -2.16. The number of rotatable bonds is 3. The van der Waals surface area contributed by atoms with Gasteiger partial charge in [-0.25, -0.2) is 0 Å². The summed E-state index contributed by atoms with van der Waals surface area (Å²) in [7, 11) is 1.53. The van der Waals surface area contributed by atoms with E-state index in [1.54, 1.807) is 6.08 Å². The molecule has 0 fully saturated rings. The molecule has 2 aromatic carbocycles. The second kappa shape index (κ2) is 5.37. The minimum atomic E-state index is -0.181. The molecule has 24 heavy (non-hydrogen) atoms. The predicted molar refractivity (Wildman–Crippen MR) is 89.1 cm³/mol. The van der Waals surface area contributed by atoms with E-state index < -0.39 is 0 Å². The molecular weight excluding hydrogens is 308 g/mol. The van der Waals surface area contributed by atoms with Crippen LogP contribution in [0.3, 0.4) is 0 Å². The molecule has 5 heteroatoms. The summed E-state index contributed by atoms with van der Waals surface area (Å²) in [6.07, 6.45) is 1.41. The van der Waals surface area contributed by atoms with E-state index in [0.717, 1.165) is 22.6 Å². The number of ether oxygens (including phenoxy) is 4. The molecule has 2 aliphatic heterocycles. The first-order valence-electron chi connectivity index (χ1n) is 7.76. The molecule has 1 N–H and O–H groups in total. The zero-order valence-corrected chi connectivity index (χ0v) is 13.5. The Bertz CT molecular complexity index is 827. The van der Waals surface area contributed by atoms with E-state index in [1.807, 2.05) is 24.3 Å². The molecule has 2 atom stereocenters. The number of methoxy groups -OCH3 is 1. The van der Waals surface area contributed by atoms with Gasteiger partial charge in [0.1, 0.15) is 11.9 Å². The summed E-state index contributed by atoms with van der Waals surface area (Å²) in [6.45, 7) is 6.11. The van der Waals surface area contributed by atoms with Crippen molar-refractivity contribution < 1.29 is 24.1 Å². The summed E-state index contributed by atoms with van der Waals surface area (Å²) in [5.41, 5.74) is 2.54. The minimum absolute atomic E-state index is 0.0461. The number of phenols is 1. The van der Waals surface area contributed by atoms with E-state index in [2.05, 4.69) is 13.5 Å². The molecule has 0 amide bonds. The SMILES string of the molecule is C=Cc1c(O)c(OC)cc2c1O[C@H](c1ccc3c(c1)OCO3)[C@H]2C. The number of phenolic OH excluding ortho intramolecular Hbond substituents is 1. The Morgan fingerprint density at radius 1 is 1.25 bits per heavy atom. The van der Waals surface area contributed by atoms with Crippen LogP contribution in [0.1, 0.15) is 35.6 Å². The van der Waals surface area contributed by atoms with Crippen LogP contribution in [0, 0.1) is 0 Å². The highest BCUT2D eigenvalue weighted by molar-refractivity contribution is 5.71. The first kappa shape index (κ1) is 14.8. The smallest absolute Gasteiger partial charge is 0.231 e. The Kier molecular flexibility index (Phi) is 3.30. The van der Waals surface area contributed by atoms with Gasteiger partial charge in [0.2, 0.25) is 6.79 Å². The summed E-state index contributed by atoms with van der Waals surface area (Å²) in [5.74, 6) is 2.68. The molecule has 2 aromatic rings. The van der Waals surface area contributed by atoms with Crippen LogP contribution in [0.25, 0.3) is 6.08 Å². The largest absolute Gasteiger partial charge is 0.504 e. The number of benzene rings is 2. The summed E-state index contributed by atoms with van der Waals surface area (Å²) in [5, 5.41) is 10.3. The molecule has 2 heterocycles. The average molecular weight is 326 g/mol. The lowest BCUT2D eigenvalue weighted by atomic mass is 9.91. The monoisotopic (exact) mass is 326 g/mol. The fourth-order valence-corrected chi connectivity index (χ4v) is 3.32. The molecule has 5 nitrogen and oxygen atoms in total. The van der Waals surface area contributed by atoms with Crippen LogP contribution in [0.4, 0.5) is 0 Å². The van der Waals surface area contributed by atoms with Gasteiger partial charge in [-0.15, -0.1) is 0 Å². The Labute approximate surface area is 140 Å². The van der Waals surface area contributed by atoms with Gasteiger partial charge in [-0.1, -0.05) is 25.6 Å². The van der Waals surface area contributed by atoms with E-state index in [9.17, 15) is 5.11 Å². The highest BCUT2D eigenvalue weighted by atomic mass is 16.7. The standard InChI is InChI=1S/C19H18O5/c1-4-12-17(20)16(21-3)8-13-10(2)18(24-19(12)13)11-5-6-14-15(7-11)23-9-22-14/h4-8,10,18,20H,1,9H2,2-3H3/t10-,18-/m0/s1. The first-order chi connectivity index (χ1) is 11.6. The number of hydrogen-bond acceptors (Lipinski definition) is 5. The summed E-state index contributed by atoms with van der Waals surface area (Å²) in [6, 6.07) is 7.64. The van der Waals surface area contributed by atoms with E-state index in [4.69, 9.17) is 18.9 Å². The molecular formula is C19H18O5. The van der Waals surface area contributed by atoms with Crippen molar-refractivity contribution in [1.29, 1.82) is 0 Å². The topological polar surface area (TPSA) is 57.2 Å². The van der Waals surface area contributed by atoms with Gasteiger partial charge in [-0.3, -0.25) is 0 Å². The van der Waals surface area contributed by atoms with Crippen molar-refractivity contribution in [3.8, 4) is 28.7 Å². The molecule has 124 valence electrons. The third-order valence-corrected chi connectivity index (χ3v) is 4.62. The molecule has 0 aromatic heterocycles. The average Bonchev–Trinajstić information content (AvgIpc) is 3.18. The van der Waals surface area contributed by atoms with Gasteiger partial charge in [0.05, 0.1) is 12.7 Å². The predicted octanol–water partition coefficient (Wildman–Crippen LogP) is 4.01. The fraction of sp³-hybridized carbons (Fsp3) is 0.263. The van der Waals surface area contributed by atoms with Gasteiger partial charge in [0, 0.05) is 11.5 Å². The van der Waals surface area contributed by atoms with E-state index in [1.165, 1.54) is 7.11 Å². The Morgan fingerprint density at radius 2 is 2.04 bits per heavy atom. The molecule has 0 bridgehead atoms. The van der Waals surface area contributed by atoms with Crippen LogP contribution in [-0.4, -0.2) is 19.0 Å². The van der Waals surface area contributed by atoms with Gasteiger partial charge < -0.3 is 24.1 Å². The van der Waals surface area contributed by atoms with E-state index in [0.29, 0.717) is 17.1 Å². The quantitative estimate of drug-likeness (QED) is 0.923. The highest BCUT2D eigenvalue weighted by Gasteiger charge is 2.36. The normalized spacial score (nSPS) is 20.4. The lowest BCUT2D eigenvalue weighted by Crippen LogP contribution is -2.07. The van der Waals surface area contributed by atoms with Crippen LogP contribution in [-0.2, 0) is 0 Å². The summed E-state index contributed by atoms with van der Waals surface area (Å²) in [4.78, 5) is 0. The minimum Gasteiger partial charge on any atom is -0.504 e. The Morgan fingerprint density at radius 3 is 2.79 bits per heavy atom. The maximum absolute atomic E-state index is 10.3. The van der Waals surface area contributed by atoms with Crippen LogP contribution in [0.2, 0.25) is 0 Å². The lowest BCUT2D eigenvalue weighted by molar-refractivity contribution is 0.173. The van der Waals surface area contributed by atoms with Crippen LogP contribution in [0.15, 0.2) is 30.8 Å². The number of hydrogen-bond donors (Lipinski definition) is 1. The Hall–Kier alpha value is -2.82. The third-order valence-electron chi connectivity index (χ3n) is 4.62. The zero-order valence-electron chi connectivity index (χ0n) is 13.5. The van der Waals surface area contributed by atoms with Gasteiger partial charge in [0.15, 0.2) is 23.0 Å². The first-order valence-corrected chi connectivity index (χ1v) is 7.76. The fourth-order valence-electron chi connectivity index (χ4n) is 3.32. The molecule has 2 aliphatic rings. The van der Waals surface area contributed by atoms with Crippen LogP contribution in [0.5, 0.6) is 28.7 Å². The van der Waals surface area contributed by atoms with Crippen molar-refractivity contribution in [2.24, 2.45) is 0 Å². The highest BCUT2D eigenvalue weighted by Crippen LogP contribution is 2.53. The second-order valence-electron chi connectivity index (χ2n) is 5.90. The molecule has 0 unspecified atom stereocenters. The van der Waals surface area contributed by atoms with Crippen LogP contribution >= 0.6 is 0 Å². The maximum atomic E-state index is 10.3. The summed E-state index contributed by atoms with van der Waals surface area (Å²) < 4.78 is 22.3. The van der Waals surface area contributed by atoms with Crippen molar-refractivity contribution >= 4 is 6.08 Å². The Balaban J connectivity index is 1.77. The van der Waals surface area contributed by atoms with E-state index in [-0.39, 0.29) is 24.6 Å². The second-order valence-corrected chi connectivity index (χ2v) is 5.90. The third kappa shape index (κ3) is 2.01. The van der Waals surface area contributed by atoms with Crippen molar-refractivity contribution in [2.45, 2.75) is 18.9 Å². The summed E-state index contributed by atoms with van der Waals surface area (Å²) >= 11 is 0. The molecule has 0 radical (unpaired) electrons. The van der Waals surface area contributed by atoms with Gasteiger partial charge in [-0.05, 0) is 23.8 Å². The molecule has 0 aliphatic carbocycles. The van der Waals surface area contributed by atoms with Crippen molar-refractivity contribution in [3.63, 3.8) is 0 Å². The number of fused-ring (bicyclic) bond motifs is 2. The molecule has 4 rings (SSSR count). The molecule has 0 saturated carbocycles. The zero-order chi connectivity index (χ0) is 16.8. The van der Waals surface area contributed by atoms with Crippen molar-refractivity contribution in [1.82, 2.24) is 0 Å². The van der Waals surface area contributed by atoms with E-state index >= 15 is 0 Å². The maximum Gasteiger partial charge on any atom is 0.231 e. The molecule has 0 saturated heterocycles. The van der Waals surface area contributed by atoms with Crippen molar-refractivity contribution in [2.75, 3.05) is 13.9 Å². The van der Waals surface area contributed by atoms with Crippen molar-refractivity contribution in [3.05, 3.63) is 47.5 Å². The molecule has 0 spiro atoms. The number of aromatic hydroxyl groups is 1. The van der Waals surface area contributed by atoms with Gasteiger partial charge in [-0.2, -0.15) is 0 Å². The van der Waals surface area contributed by atoms with Gasteiger partial charge >= 0.3 is 0 Å². The van der Waals surface area contributed by atoms with Gasteiger partial charge in [0.25, 0.3) is 0 Å². The van der Waals surface area contributed by atoms with Crippen LogP contribution < -0.4 is 18.9 Å².